The minimum atomic E-state index is -0.523. The van der Waals surface area contributed by atoms with E-state index >= 15 is 0 Å². The Morgan fingerprint density at radius 2 is 2.10 bits per heavy atom. The molecule has 1 heterocycles. The lowest BCUT2D eigenvalue weighted by molar-refractivity contribution is -0.0272. The molecule has 5 heteroatoms. The summed E-state index contributed by atoms with van der Waals surface area (Å²) >= 11 is 0. The van der Waals surface area contributed by atoms with Crippen molar-refractivity contribution < 1.29 is 14.6 Å². The molecule has 2 aliphatic rings. The van der Waals surface area contributed by atoms with Crippen LogP contribution in [0.15, 0.2) is 0 Å². The predicted octanol–water partition coefficient (Wildman–Crippen LogP) is 1.31. The topological polar surface area (TPSA) is 65.7 Å². The van der Waals surface area contributed by atoms with Gasteiger partial charge in [0.15, 0.2) is 0 Å². The zero-order valence-electron chi connectivity index (χ0n) is 12.2. The van der Waals surface area contributed by atoms with Gasteiger partial charge in [-0.15, -0.1) is 0 Å². The zero-order valence-corrected chi connectivity index (χ0v) is 12.2. The summed E-state index contributed by atoms with van der Waals surface area (Å²) in [6.45, 7) is 2.65. The average molecular weight is 282 g/mol. The van der Waals surface area contributed by atoms with E-state index in [1.165, 1.54) is 12.8 Å². The smallest absolute Gasteiger partial charge is 0.0900 e. The number of aliphatic hydroxyl groups is 1. The first-order valence-corrected chi connectivity index (χ1v) is 7.78. The molecule has 2 rings (SSSR count). The average Bonchev–Trinajstić information content (AvgIpc) is 3.11. The van der Waals surface area contributed by atoms with Crippen LogP contribution < -0.4 is 0 Å². The maximum absolute atomic E-state index is 10.1. The molecule has 0 aromatic heterocycles. The summed E-state index contributed by atoms with van der Waals surface area (Å²) in [6.07, 6.45) is 6.59. The van der Waals surface area contributed by atoms with E-state index in [4.69, 9.17) is 14.7 Å². The highest BCUT2D eigenvalue weighted by atomic mass is 16.5. The van der Waals surface area contributed by atoms with Crippen molar-refractivity contribution in [1.82, 2.24) is 4.90 Å². The van der Waals surface area contributed by atoms with Gasteiger partial charge in [0.25, 0.3) is 0 Å². The first-order chi connectivity index (χ1) is 9.79. The van der Waals surface area contributed by atoms with E-state index in [2.05, 4.69) is 11.0 Å². The van der Waals surface area contributed by atoms with Gasteiger partial charge in [-0.2, -0.15) is 5.26 Å². The van der Waals surface area contributed by atoms with E-state index < -0.39 is 6.10 Å². The first kappa shape index (κ1) is 15.7. The zero-order chi connectivity index (χ0) is 14.2. The van der Waals surface area contributed by atoms with E-state index in [-0.39, 0.29) is 6.10 Å². The summed E-state index contributed by atoms with van der Waals surface area (Å²) in [5, 5.41) is 19.0. The van der Waals surface area contributed by atoms with Crippen LogP contribution in [0.1, 0.15) is 38.5 Å². The Balaban J connectivity index is 1.65. The van der Waals surface area contributed by atoms with Gasteiger partial charge in [-0.1, -0.05) is 12.8 Å². The van der Waals surface area contributed by atoms with Crippen molar-refractivity contribution in [3.63, 3.8) is 0 Å². The predicted molar refractivity (Wildman–Crippen MR) is 75.2 cm³/mol. The third-order valence-electron chi connectivity index (χ3n) is 4.20. The molecule has 20 heavy (non-hydrogen) atoms. The van der Waals surface area contributed by atoms with Crippen LogP contribution in [0, 0.1) is 11.3 Å². The summed E-state index contributed by atoms with van der Waals surface area (Å²) in [7, 11) is 0. The van der Waals surface area contributed by atoms with Crippen LogP contribution in [0.2, 0.25) is 0 Å². The van der Waals surface area contributed by atoms with Crippen LogP contribution in [-0.4, -0.2) is 61.2 Å². The van der Waals surface area contributed by atoms with Crippen molar-refractivity contribution in [1.29, 1.82) is 5.26 Å². The Morgan fingerprint density at radius 1 is 1.30 bits per heavy atom. The number of nitriles is 1. The van der Waals surface area contributed by atoms with Crippen molar-refractivity contribution in [2.75, 3.05) is 32.9 Å². The number of hydrogen-bond acceptors (Lipinski definition) is 5. The van der Waals surface area contributed by atoms with Crippen LogP contribution in [0.25, 0.3) is 0 Å². The molecule has 0 radical (unpaired) electrons. The second-order valence-corrected chi connectivity index (χ2v) is 5.85. The molecule has 1 aliphatic heterocycles. The summed E-state index contributed by atoms with van der Waals surface area (Å²) in [5.74, 6) is 0. The van der Waals surface area contributed by atoms with Gasteiger partial charge in [-0.05, 0) is 25.7 Å². The molecule has 5 nitrogen and oxygen atoms in total. The molecule has 2 unspecified atom stereocenters. The Labute approximate surface area is 121 Å². The Hall–Kier alpha value is -0.670. The Kier molecular flexibility index (Phi) is 6.74. The second-order valence-electron chi connectivity index (χ2n) is 5.85. The molecule has 1 saturated heterocycles. The summed E-state index contributed by atoms with van der Waals surface area (Å²) in [5.41, 5.74) is 0. The second kappa shape index (κ2) is 8.58. The molecule has 1 saturated carbocycles. The van der Waals surface area contributed by atoms with Crippen molar-refractivity contribution in [3.05, 3.63) is 0 Å². The maximum Gasteiger partial charge on any atom is 0.0900 e. The lowest BCUT2D eigenvalue weighted by Gasteiger charge is -2.28. The SMILES string of the molecule is N#CCN(CC(O)COCC1CCCO1)C1CCCC1. The minimum Gasteiger partial charge on any atom is -0.389 e. The monoisotopic (exact) mass is 282 g/mol. The van der Waals surface area contributed by atoms with Gasteiger partial charge in [0.1, 0.15) is 0 Å². The lowest BCUT2D eigenvalue weighted by atomic mass is 10.2. The van der Waals surface area contributed by atoms with Gasteiger partial charge in [0.2, 0.25) is 0 Å². The highest BCUT2D eigenvalue weighted by molar-refractivity contribution is 4.85. The van der Waals surface area contributed by atoms with Crippen molar-refractivity contribution in [2.24, 2.45) is 0 Å². The fraction of sp³-hybridized carbons (Fsp3) is 0.933. The number of hydrogen-bond donors (Lipinski definition) is 1. The fourth-order valence-corrected chi connectivity index (χ4v) is 3.14. The van der Waals surface area contributed by atoms with E-state index in [0.717, 1.165) is 32.3 Å². The largest absolute Gasteiger partial charge is 0.389 e. The molecular weight excluding hydrogens is 256 g/mol. The number of rotatable bonds is 8. The Bertz CT molecular complexity index is 307. The van der Waals surface area contributed by atoms with Gasteiger partial charge in [-0.3, -0.25) is 4.90 Å². The van der Waals surface area contributed by atoms with Crippen molar-refractivity contribution in [2.45, 2.75) is 56.8 Å². The molecule has 0 bridgehead atoms. The van der Waals surface area contributed by atoms with Gasteiger partial charge < -0.3 is 14.6 Å². The normalized spacial score (nSPS) is 25.1. The van der Waals surface area contributed by atoms with Crippen LogP contribution >= 0.6 is 0 Å². The molecular formula is C15H26N2O3. The van der Waals surface area contributed by atoms with E-state index in [1.54, 1.807) is 0 Å². The molecule has 1 N–H and O–H groups in total. The highest BCUT2D eigenvalue weighted by Gasteiger charge is 2.24. The molecule has 2 atom stereocenters. The van der Waals surface area contributed by atoms with Crippen LogP contribution in [0.3, 0.4) is 0 Å². The van der Waals surface area contributed by atoms with Crippen molar-refractivity contribution in [3.8, 4) is 6.07 Å². The van der Waals surface area contributed by atoms with E-state index in [0.29, 0.717) is 32.3 Å². The van der Waals surface area contributed by atoms with Crippen LogP contribution in [-0.2, 0) is 9.47 Å². The summed E-state index contributed by atoms with van der Waals surface area (Å²) in [6, 6.07) is 2.67. The first-order valence-electron chi connectivity index (χ1n) is 7.78. The third-order valence-corrected chi connectivity index (χ3v) is 4.20. The van der Waals surface area contributed by atoms with Crippen LogP contribution in [0.5, 0.6) is 0 Å². The summed E-state index contributed by atoms with van der Waals surface area (Å²) < 4.78 is 11.0. The molecule has 0 aromatic carbocycles. The highest BCUT2D eigenvalue weighted by Crippen LogP contribution is 2.23. The minimum absolute atomic E-state index is 0.201. The maximum atomic E-state index is 10.1. The van der Waals surface area contributed by atoms with E-state index in [9.17, 15) is 5.11 Å². The van der Waals surface area contributed by atoms with Gasteiger partial charge in [0, 0.05) is 19.2 Å². The fourth-order valence-electron chi connectivity index (χ4n) is 3.14. The van der Waals surface area contributed by atoms with Gasteiger partial charge in [0.05, 0.1) is 38.0 Å². The molecule has 114 valence electrons. The summed E-state index contributed by atoms with van der Waals surface area (Å²) in [4.78, 5) is 2.10. The quantitative estimate of drug-likeness (QED) is 0.680. The number of nitrogens with zero attached hydrogens (tertiary/aromatic N) is 2. The third kappa shape index (κ3) is 5.02. The molecule has 0 spiro atoms. The molecule has 0 aromatic rings. The van der Waals surface area contributed by atoms with Gasteiger partial charge >= 0.3 is 0 Å². The van der Waals surface area contributed by atoms with Gasteiger partial charge in [-0.25, -0.2) is 0 Å². The molecule has 0 amide bonds. The van der Waals surface area contributed by atoms with Crippen LogP contribution in [0.4, 0.5) is 0 Å². The number of aliphatic hydroxyl groups excluding tert-OH is 1. The standard InChI is InChI=1S/C15H26N2O3/c16-7-8-17(13-4-1-2-5-13)10-14(18)11-19-12-15-6-3-9-20-15/h13-15,18H,1-6,8-12H2. The molecule has 1 aliphatic carbocycles. The van der Waals surface area contributed by atoms with Crippen molar-refractivity contribution >= 4 is 0 Å². The molecule has 2 fully saturated rings. The number of ether oxygens (including phenoxy) is 2. The Morgan fingerprint density at radius 3 is 2.75 bits per heavy atom. The lowest BCUT2D eigenvalue weighted by Crippen LogP contribution is -2.41. The van der Waals surface area contributed by atoms with E-state index in [1.807, 2.05) is 0 Å².